The van der Waals surface area contributed by atoms with E-state index in [-0.39, 0.29) is 0 Å². The van der Waals surface area contributed by atoms with Crippen molar-refractivity contribution in [3.63, 3.8) is 0 Å². The molecule has 1 rings (SSSR count). The van der Waals surface area contributed by atoms with Crippen molar-refractivity contribution in [3.05, 3.63) is 41.1 Å². The Morgan fingerprint density at radius 1 is 1.00 bits per heavy atom. The fourth-order valence-corrected chi connectivity index (χ4v) is 1.82. The van der Waals surface area contributed by atoms with E-state index in [0.717, 1.165) is 16.7 Å². The quantitative estimate of drug-likeness (QED) is 0.219. The summed E-state index contributed by atoms with van der Waals surface area (Å²) < 4.78 is 1.05. The van der Waals surface area contributed by atoms with Crippen LogP contribution in [0.4, 0.5) is 0 Å². The Labute approximate surface area is 105 Å². The van der Waals surface area contributed by atoms with Crippen LogP contribution in [-0.2, 0) is 0 Å². The molecule has 94 valence electrons. The maximum Gasteiger partial charge on any atom is 0.181 e. The van der Waals surface area contributed by atoms with E-state index in [1.54, 1.807) is 6.21 Å². The van der Waals surface area contributed by atoms with Crippen LogP contribution in [0.3, 0.4) is 0 Å². The standard InChI is InChI=1S/C15H23NO/c1-2-3-4-5-6-10-13-16(17)14-15-11-8-7-9-12-15/h7-9,11-12,14H,2-6,10,13H2,1H3. The molecule has 1 aromatic carbocycles. The van der Waals surface area contributed by atoms with Crippen molar-refractivity contribution in [3.8, 4) is 0 Å². The van der Waals surface area contributed by atoms with Crippen molar-refractivity contribution in [1.29, 1.82) is 0 Å². The Bertz CT molecular complexity index is 319. The molecule has 0 aromatic heterocycles. The number of nitrogens with zero attached hydrogens (tertiary/aromatic N) is 1. The van der Waals surface area contributed by atoms with Crippen LogP contribution in [0.2, 0.25) is 0 Å². The summed E-state index contributed by atoms with van der Waals surface area (Å²) in [5, 5.41) is 11.6. The van der Waals surface area contributed by atoms with Gasteiger partial charge in [0.05, 0.1) is 0 Å². The molecule has 0 amide bonds. The van der Waals surface area contributed by atoms with Gasteiger partial charge in [0.25, 0.3) is 0 Å². The minimum atomic E-state index is 0.612. The number of unbranched alkanes of at least 4 members (excludes halogenated alkanes) is 5. The van der Waals surface area contributed by atoms with Crippen LogP contribution in [0.5, 0.6) is 0 Å². The molecule has 0 heterocycles. The summed E-state index contributed by atoms with van der Waals surface area (Å²) in [5.74, 6) is 0. The molecule has 0 atom stereocenters. The zero-order valence-electron chi connectivity index (χ0n) is 10.8. The smallest absolute Gasteiger partial charge is 0.181 e. The van der Waals surface area contributed by atoms with E-state index < -0.39 is 0 Å². The lowest BCUT2D eigenvalue weighted by Crippen LogP contribution is -2.07. The highest BCUT2D eigenvalue weighted by atomic mass is 16.5. The second-order valence-corrected chi connectivity index (χ2v) is 4.45. The van der Waals surface area contributed by atoms with Gasteiger partial charge in [-0.1, -0.05) is 50.8 Å². The molecule has 0 fully saturated rings. The molecular weight excluding hydrogens is 210 g/mol. The minimum absolute atomic E-state index is 0.612. The Morgan fingerprint density at radius 2 is 1.65 bits per heavy atom. The first-order valence-electron chi connectivity index (χ1n) is 6.66. The summed E-state index contributed by atoms with van der Waals surface area (Å²) >= 11 is 0. The van der Waals surface area contributed by atoms with Crippen molar-refractivity contribution in [2.45, 2.75) is 45.4 Å². The van der Waals surface area contributed by atoms with Gasteiger partial charge in [-0.2, -0.15) is 0 Å². The molecule has 0 saturated heterocycles. The van der Waals surface area contributed by atoms with Gasteiger partial charge in [0.15, 0.2) is 12.8 Å². The van der Waals surface area contributed by atoms with Gasteiger partial charge in [-0.15, -0.1) is 0 Å². The van der Waals surface area contributed by atoms with E-state index in [1.807, 2.05) is 30.3 Å². The molecule has 2 nitrogen and oxygen atoms in total. The topological polar surface area (TPSA) is 26.1 Å². The highest BCUT2D eigenvalue weighted by Gasteiger charge is 1.96. The molecule has 1 aromatic rings. The van der Waals surface area contributed by atoms with Gasteiger partial charge in [0, 0.05) is 12.0 Å². The normalized spacial score (nSPS) is 11.7. The third kappa shape index (κ3) is 6.77. The van der Waals surface area contributed by atoms with Crippen molar-refractivity contribution < 1.29 is 4.74 Å². The predicted octanol–water partition coefficient (Wildman–Crippen LogP) is 3.98. The monoisotopic (exact) mass is 233 g/mol. The van der Waals surface area contributed by atoms with Gasteiger partial charge in [-0.3, -0.25) is 0 Å². The van der Waals surface area contributed by atoms with Crippen LogP contribution < -0.4 is 0 Å². The second-order valence-electron chi connectivity index (χ2n) is 4.45. The van der Waals surface area contributed by atoms with Crippen molar-refractivity contribution in [1.82, 2.24) is 0 Å². The van der Waals surface area contributed by atoms with Crippen molar-refractivity contribution in [2.75, 3.05) is 6.54 Å². The molecule has 0 aliphatic carbocycles. The van der Waals surface area contributed by atoms with Crippen LogP contribution in [-0.4, -0.2) is 17.5 Å². The van der Waals surface area contributed by atoms with E-state index in [0.29, 0.717) is 6.54 Å². The van der Waals surface area contributed by atoms with Crippen LogP contribution in [0.15, 0.2) is 30.3 Å². The third-order valence-corrected chi connectivity index (χ3v) is 2.82. The maximum atomic E-state index is 11.6. The van der Waals surface area contributed by atoms with Crippen LogP contribution in [0, 0.1) is 5.21 Å². The summed E-state index contributed by atoms with van der Waals surface area (Å²) in [6.07, 6.45) is 8.99. The maximum absolute atomic E-state index is 11.6. The van der Waals surface area contributed by atoms with Gasteiger partial charge in [-0.25, -0.2) is 4.74 Å². The predicted molar refractivity (Wildman–Crippen MR) is 73.5 cm³/mol. The summed E-state index contributed by atoms with van der Waals surface area (Å²) in [6, 6.07) is 9.76. The van der Waals surface area contributed by atoms with Crippen molar-refractivity contribution >= 4 is 6.21 Å². The van der Waals surface area contributed by atoms with Gasteiger partial charge in [0.2, 0.25) is 0 Å². The zero-order chi connectivity index (χ0) is 12.3. The Morgan fingerprint density at radius 3 is 2.35 bits per heavy atom. The lowest BCUT2D eigenvalue weighted by atomic mass is 10.1. The van der Waals surface area contributed by atoms with Gasteiger partial charge in [0.1, 0.15) is 0 Å². The SMILES string of the molecule is CCCCCCCC[N+]([O-])=Cc1ccccc1. The molecule has 0 unspecified atom stereocenters. The van der Waals surface area contributed by atoms with E-state index >= 15 is 0 Å². The molecule has 2 heteroatoms. The highest BCUT2D eigenvalue weighted by molar-refractivity contribution is 5.75. The zero-order valence-corrected chi connectivity index (χ0v) is 10.8. The Kier molecular flexibility index (Phi) is 7.12. The van der Waals surface area contributed by atoms with E-state index in [1.165, 1.54) is 32.1 Å². The molecular formula is C15H23NO. The lowest BCUT2D eigenvalue weighted by molar-refractivity contribution is -0.453. The number of hydrogen-bond donors (Lipinski definition) is 0. The Hall–Kier alpha value is -1.31. The largest absolute Gasteiger partial charge is 0.624 e. The average Bonchev–Trinajstić information content (AvgIpc) is 2.35. The van der Waals surface area contributed by atoms with Gasteiger partial charge >= 0.3 is 0 Å². The molecule has 0 spiro atoms. The molecule has 0 radical (unpaired) electrons. The molecule has 0 N–H and O–H groups in total. The highest BCUT2D eigenvalue weighted by Crippen LogP contribution is 2.04. The average molecular weight is 233 g/mol. The summed E-state index contributed by atoms with van der Waals surface area (Å²) in [5.41, 5.74) is 0.980. The second kappa shape index (κ2) is 8.80. The minimum Gasteiger partial charge on any atom is -0.624 e. The van der Waals surface area contributed by atoms with Crippen LogP contribution in [0.25, 0.3) is 0 Å². The molecule has 0 aliphatic heterocycles. The Balaban J connectivity index is 2.17. The first-order chi connectivity index (χ1) is 8.33. The van der Waals surface area contributed by atoms with E-state index in [4.69, 9.17) is 0 Å². The molecule has 17 heavy (non-hydrogen) atoms. The van der Waals surface area contributed by atoms with Gasteiger partial charge < -0.3 is 5.21 Å². The number of hydroxylamine groups is 1. The first kappa shape index (κ1) is 13.8. The fourth-order valence-electron chi connectivity index (χ4n) is 1.82. The number of hydrogen-bond acceptors (Lipinski definition) is 1. The molecule has 0 aliphatic rings. The summed E-state index contributed by atoms with van der Waals surface area (Å²) in [6.45, 7) is 2.83. The van der Waals surface area contributed by atoms with Gasteiger partial charge in [-0.05, 0) is 18.6 Å². The van der Waals surface area contributed by atoms with Crippen LogP contribution in [0.1, 0.15) is 51.0 Å². The summed E-state index contributed by atoms with van der Waals surface area (Å²) in [4.78, 5) is 0. The molecule has 0 bridgehead atoms. The van der Waals surface area contributed by atoms with E-state index in [9.17, 15) is 5.21 Å². The van der Waals surface area contributed by atoms with Crippen LogP contribution >= 0.6 is 0 Å². The lowest BCUT2D eigenvalue weighted by Gasteiger charge is -2.04. The fraction of sp³-hybridized carbons (Fsp3) is 0.533. The van der Waals surface area contributed by atoms with Crippen molar-refractivity contribution in [2.24, 2.45) is 0 Å². The number of benzene rings is 1. The summed E-state index contributed by atoms with van der Waals surface area (Å²) in [7, 11) is 0. The molecule has 0 saturated carbocycles. The number of rotatable bonds is 8. The first-order valence-corrected chi connectivity index (χ1v) is 6.66. The third-order valence-electron chi connectivity index (χ3n) is 2.82. The van der Waals surface area contributed by atoms with E-state index in [2.05, 4.69) is 6.92 Å².